The molecule has 0 N–H and O–H groups in total. The second-order valence-electron chi connectivity index (χ2n) is 3.14. The van der Waals surface area contributed by atoms with Gasteiger partial charge in [0.25, 0.3) is 0 Å². The van der Waals surface area contributed by atoms with Gasteiger partial charge in [-0.2, -0.15) is 10.2 Å². The summed E-state index contributed by atoms with van der Waals surface area (Å²) in [6.45, 7) is 0. The molecule has 0 aliphatic carbocycles. The van der Waals surface area contributed by atoms with Crippen molar-refractivity contribution in [2.24, 2.45) is 10.2 Å². The maximum absolute atomic E-state index is 11.3. The molecule has 0 heterocycles. The Kier molecular flexibility index (Phi) is 8.52. The van der Waals surface area contributed by atoms with Crippen molar-refractivity contribution in [2.45, 2.75) is 0 Å². The molecule has 6 heteroatoms. The van der Waals surface area contributed by atoms with Crippen molar-refractivity contribution >= 4 is 11.4 Å². The van der Waals surface area contributed by atoms with Gasteiger partial charge >= 0.3 is 59.1 Å². The van der Waals surface area contributed by atoms with Crippen molar-refractivity contribution in [3.05, 3.63) is 48.5 Å². The standard InChI is InChI=1S/C12H10N2O2.2Na/c15-11-7-3-1-5-9(11)13-14-10-6-2-4-8-12(10)16;;/h1-8,15-16H;;/q;2*+1/p-2. The Morgan fingerprint density at radius 1 is 0.611 bits per heavy atom. The van der Waals surface area contributed by atoms with Crippen LogP contribution in [0.1, 0.15) is 0 Å². The third kappa shape index (κ3) is 4.72. The van der Waals surface area contributed by atoms with E-state index >= 15 is 0 Å². The second-order valence-corrected chi connectivity index (χ2v) is 3.14. The van der Waals surface area contributed by atoms with E-state index in [0.29, 0.717) is 0 Å². The first-order valence-corrected chi connectivity index (χ1v) is 4.71. The topological polar surface area (TPSA) is 70.8 Å². The number of hydrogen-bond acceptors (Lipinski definition) is 4. The van der Waals surface area contributed by atoms with E-state index in [-0.39, 0.29) is 82.0 Å². The molecule has 2 rings (SSSR count). The van der Waals surface area contributed by atoms with Gasteiger partial charge in [0, 0.05) is 0 Å². The molecule has 80 valence electrons. The number of para-hydroxylation sites is 2. The zero-order valence-corrected chi connectivity index (χ0v) is 14.3. The van der Waals surface area contributed by atoms with E-state index in [1.54, 1.807) is 36.4 Å². The first-order chi connectivity index (χ1) is 7.77. The third-order valence-electron chi connectivity index (χ3n) is 2.00. The fourth-order valence-electron chi connectivity index (χ4n) is 1.19. The Morgan fingerprint density at radius 3 is 1.28 bits per heavy atom. The average Bonchev–Trinajstić information content (AvgIpc) is 2.30. The van der Waals surface area contributed by atoms with E-state index in [4.69, 9.17) is 0 Å². The van der Waals surface area contributed by atoms with Crippen LogP contribution in [0.25, 0.3) is 0 Å². The molecule has 0 aliphatic rings. The van der Waals surface area contributed by atoms with Gasteiger partial charge in [-0.3, -0.25) is 0 Å². The molecule has 0 saturated carbocycles. The third-order valence-corrected chi connectivity index (χ3v) is 2.00. The van der Waals surface area contributed by atoms with Crippen LogP contribution in [0.15, 0.2) is 58.8 Å². The zero-order chi connectivity index (χ0) is 11.4. The van der Waals surface area contributed by atoms with Crippen molar-refractivity contribution in [2.75, 3.05) is 0 Å². The molecule has 0 bridgehead atoms. The summed E-state index contributed by atoms with van der Waals surface area (Å²) in [7, 11) is 0. The summed E-state index contributed by atoms with van der Waals surface area (Å²) in [5.74, 6) is -0.427. The van der Waals surface area contributed by atoms with Gasteiger partial charge in [-0.05, 0) is 12.1 Å². The molecule has 0 unspecified atom stereocenters. The van der Waals surface area contributed by atoms with Crippen LogP contribution in [-0.4, -0.2) is 0 Å². The van der Waals surface area contributed by atoms with Crippen LogP contribution < -0.4 is 69.3 Å². The van der Waals surface area contributed by atoms with Crippen LogP contribution in [0.2, 0.25) is 0 Å². The Hall–Kier alpha value is -0.360. The number of hydrogen-bond donors (Lipinski definition) is 0. The predicted molar refractivity (Wildman–Crippen MR) is 56.0 cm³/mol. The molecule has 0 saturated heterocycles. The van der Waals surface area contributed by atoms with Gasteiger partial charge in [0.05, 0.1) is 11.4 Å². The minimum Gasteiger partial charge on any atom is -0.871 e. The first-order valence-electron chi connectivity index (χ1n) is 4.71. The van der Waals surface area contributed by atoms with Crippen molar-refractivity contribution in [3.8, 4) is 11.5 Å². The molecule has 0 aromatic heterocycles. The van der Waals surface area contributed by atoms with Crippen LogP contribution in [0.5, 0.6) is 11.5 Å². The molecular formula is C12H8N2Na2O2. The molecule has 0 fully saturated rings. The monoisotopic (exact) mass is 258 g/mol. The van der Waals surface area contributed by atoms with Crippen LogP contribution in [0.3, 0.4) is 0 Å². The molecule has 18 heavy (non-hydrogen) atoms. The predicted octanol–water partition coefficient (Wildman–Crippen LogP) is -3.74. The number of nitrogens with zero attached hydrogens (tertiary/aromatic N) is 2. The zero-order valence-electron chi connectivity index (χ0n) is 10.3. The van der Waals surface area contributed by atoms with Crippen molar-refractivity contribution in [1.29, 1.82) is 0 Å². The smallest absolute Gasteiger partial charge is 0.871 e. The Bertz CT molecular complexity index is 485. The molecule has 2 aromatic carbocycles. The summed E-state index contributed by atoms with van der Waals surface area (Å²) in [6.07, 6.45) is 0. The van der Waals surface area contributed by atoms with Gasteiger partial charge in [-0.1, -0.05) is 47.9 Å². The van der Waals surface area contributed by atoms with Gasteiger partial charge in [-0.15, -0.1) is 0 Å². The Labute approximate surface area is 149 Å². The number of benzene rings is 2. The molecule has 0 radical (unpaired) electrons. The summed E-state index contributed by atoms with van der Waals surface area (Å²) < 4.78 is 0. The maximum Gasteiger partial charge on any atom is 1.00 e. The first kappa shape index (κ1) is 17.6. The Morgan fingerprint density at radius 2 is 0.944 bits per heavy atom. The summed E-state index contributed by atoms with van der Waals surface area (Å²) in [5.41, 5.74) is 0.455. The quantitative estimate of drug-likeness (QED) is 0.410. The van der Waals surface area contributed by atoms with Crippen molar-refractivity contribution in [3.63, 3.8) is 0 Å². The van der Waals surface area contributed by atoms with Crippen molar-refractivity contribution < 1.29 is 69.3 Å². The molecule has 0 aliphatic heterocycles. The fraction of sp³-hybridized carbons (Fsp3) is 0. The van der Waals surface area contributed by atoms with Gasteiger partial charge in [0.15, 0.2) is 0 Å². The van der Waals surface area contributed by atoms with Crippen LogP contribution in [-0.2, 0) is 0 Å². The molecular weight excluding hydrogens is 250 g/mol. The number of rotatable bonds is 2. The van der Waals surface area contributed by atoms with E-state index < -0.39 is 0 Å². The van der Waals surface area contributed by atoms with E-state index in [1.165, 1.54) is 12.1 Å². The SMILES string of the molecule is [Na+].[Na+].[O-]c1ccccc1N=Nc1ccccc1[O-]. The maximum atomic E-state index is 11.3. The molecule has 0 atom stereocenters. The molecule has 0 spiro atoms. The van der Waals surface area contributed by atoms with E-state index in [0.717, 1.165) is 0 Å². The second kappa shape index (κ2) is 8.69. The van der Waals surface area contributed by atoms with Gasteiger partial charge < -0.3 is 10.2 Å². The molecule has 0 amide bonds. The van der Waals surface area contributed by atoms with Gasteiger partial charge in [0.2, 0.25) is 0 Å². The minimum absolute atomic E-state index is 0. The fourth-order valence-corrected chi connectivity index (χ4v) is 1.19. The molecule has 2 aromatic rings. The normalized spacial score (nSPS) is 9.56. The largest absolute Gasteiger partial charge is 1.00 e. The van der Waals surface area contributed by atoms with Crippen LogP contribution >= 0.6 is 0 Å². The van der Waals surface area contributed by atoms with Crippen LogP contribution in [0, 0.1) is 0 Å². The summed E-state index contributed by atoms with van der Waals surface area (Å²) in [5, 5.41) is 30.1. The van der Waals surface area contributed by atoms with E-state index in [9.17, 15) is 10.2 Å². The molecule has 4 nitrogen and oxygen atoms in total. The van der Waals surface area contributed by atoms with Crippen molar-refractivity contribution in [1.82, 2.24) is 0 Å². The number of azo groups is 1. The Balaban J connectivity index is 0.00000144. The minimum atomic E-state index is -0.213. The summed E-state index contributed by atoms with van der Waals surface area (Å²) in [6, 6.07) is 12.6. The van der Waals surface area contributed by atoms with Crippen LogP contribution in [0.4, 0.5) is 11.4 Å². The van der Waals surface area contributed by atoms with Gasteiger partial charge in [0.1, 0.15) is 0 Å². The van der Waals surface area contributed by atoms with E-state index in [2.05, 4.69) is 10.2 Å². The average molecular weight is 258 g/mol. The van der Waals surface area contributed by atoms with E-state index in [1.807, 2.05) is 0 Å². The summed E-state index contributed by atoms with van der Waals surface area (Å²) >= 11 is 0. The summed E-state index contributed by atoms with van der Waals surface area (Å²) in [4.78, 5) is 0. The van der Waals surface area contributed by atoms with Gasteiger partial charge in [-0.25, -0.2) is 0 Å².